The SMILES string of the molecule is CC(CC(C)(C)OC(N)=O)c1ccc(F)cc1-c1cccc2cc(-c3nc(NCCn4ccnn4)ncc3F)sc12. The number of benzene rings is 2. The topological polar surface area (TPSA) is 121 Å². The fourth-order valence-corrected chi connectivity index (χ4v) is 6.18. The number of thiophene rings is 1. The van der Waals surface area contributed by atoms with Crippen molar-refractivity contribution in [3.8, 4) is 21.7 Å². The minimum absolute atomic E-state index is 0.0971. The van der Waals surface area contributed by atoms with Gasteiger partial charge in [-0.2, -0.15) is 0 Å². The molecule has 0 aliphatic heterocycles. The molecule has 0 saturated heterocycles. The Bertz CT molecular complexity index is 1690. The molecule has 2 aromatic carbocycles. The molecule has 1 unspecified atom stereocenters. The van der Waals surface area contributed by atoms with Crippen LogP contribution in [0.4, 0.5) is 19.5 Å². The number of fused-ring (bicyclic) bond motifs is 1. The number of hydrogen-bond donors (Lipinski definition) is 2. The van der Waals surface area contributed by atoms with Gasteiger partial charge in [-0.1, -0.05) is 36.4 Å². The molecule has 0 spiro atoms. The maximum atomic E-state index is 15.0. The zero-order chi connectivity index (χ0) is 29.1. The van der Waals surface area contributed by atoms with E-state index in [2.05, 4.69) is 25.6 Å². The summed E-state index contributed by atoms with van der Waals surface area (Å²) in [7, 11) is 0. The highest BCUT2D eigenvalue weighted by molar-refractivity contribution is 7.22. The average molecular weight is 578 g/mol. The van der Waals surface area contributed by atoms with Crippen molar-refractivity contribution in [2.75, 3.05) is 11.9 Å². The molecule has 12 heteroatoms. The molecular formula is C29H29F2N7O2S. The van der Waals surface area contributed by atoms with Gasteiger partial charge in [-0.15, -0.1) is 16.4 Å². The van der Waals surface area contributed by atoms with Crippen LogP contribution >= 0.6 is 11.3 Å². The fourth-order valence-electron chi connectivity index (χ4n) is 5.00. The summed E-state index contributed by atoms with van der Waals surface area (Å²) in [5.74, 6) is -0.723. The number of hydrogen-bond acceptors (Lipinski definition) is 8. The van der Waals surface area contributed by atoms with Crippen molar-refractivity contribution in [1.82, 2.24) is 25.0 Å². The molecule has 0 aliphatic carbocycles. The summed E-state index contributed by atoms with van der Waals surface area (Å²) in [5, 5.41) is 11.7. The van der Waals surface area contributed by atoms with E-state index in [0.29, 0.717) is 35.9 Å². The number of ether oxygens (including phenoxy) is 1. The van der Waals surface area contributed by atoms with Crippen LogP contribution in [0, 0.1) is 11.6 Å². The Kier molecular flexibility index (Phi) is 7.93. The Labute approximate surface area is 239 Å². The van der Waals surface area contributed by atoms with E-state index < -0.39 is 17.5 Å². The lowest BCUT2D eigenvalue weighted by atomic mass is 9.84. The lowest BCUT2D eigenvalue weighted by molar-refractivity contribution is 0.0349. The molecule has 0 saturated carbocycles. The summed E-state index contributed by atoms with van der Waals surface area (Å²) < 4.78 is 37.4. The summed E-state index contributed by atoms with van der Waals surface area (Å²) in [4.78, 5) is 20.5. The number of nitrogens with zero attached hydrogens (tertiary/aromatic N) is 5. The van der Waals surface area contributed by atoms with Crippen LogP contribution in [0.5, 0.6) is 0 Å². The summed E-state index contributed by atoms with van der Waals surface area (Å²) in [6, 6.07) is 12.3. The van der Waals surface area contributed by atoms with Crippen molar-refractivity contribution >= 4 is 33.5 Å². The van der Waals surface area contributed by atoms with Crippen LogP contribution in [0.2, 0.25) is 0 Å². The number of primary amides is 1. The minimum Gasteiger partial charge on any atom is -0.444 e. The van der Waals surface area contributed by atoms with Crippen LogP contribution in [0.1, 0.15) is 38.7 Å². The third kappa shape index (κ3) is 6.49. The molecule has 0 bridgehead atoms. The molecule has 0 fully saturated rings. The largest absolute Gasteiger partial charge is 0.444 e. The molecule has 212 valence electrons. The Morgan fingerprint density at radius 1 is 1.20 bits per heavy atom. The maximum absolute atomic E-state index is 15.0. The third-order valence-corrected chi connectivity index (χ3v) is 7.82. The maximum Gasteiger partial charge on any atom is 0.405 e. The summed E-state index contributed by atoms with van der Waals surface area (Å²) in [5.41, 5.74) is 7.03. The highest BCUT2D eigenvalue weighted by Gasteiger charge is 2.27. The molecule has 0 aliphatic rings. The van der Waals surface area contributed by atoms with E-state index in [1.807, 2.05) is 31.2 Å². The molecule has 1 atom stereocenters. The fraction of sp³-hybridized carbons (Fsp3) is 0.276. The first-order chi connectivity index (χ1) is 19.6. The third-order valence-electron chi connectivity index (χ3n) is 6.63. The normalized spacial score (nSPS) is 12.4. The number of halogens is 2. The molecular weight excluding hydrogens is 548 g/mol. The van der Waals surface area contributed by atoms with Crippen LogP contribution < -0.4 is 11.1 Å². The second-order valence-corrected chi connectivity index (χ2v) is 11.4. The number of nitrogens with one attached hydrogen (secondary N) is 1. The predicted octanol–water partition coefficient (Wildman–Crippen LogP) is 6.37. The molecule has 5 rings (SSSR count). The van der Waals surface area contributed by atoms with E-state index in [4.69, 9.17) is 10.5 Å². The lowest BCUT2D eigenvalue weighted by Gasteiger charge is -2.28. The highest BCUT2D eigenvalue weighted by atomic mass is 32.1. The number of nitrogens with two attached hydrogens (primary N) is 1. The van der Waals surface area contributed by atoms with E-state index >= 15 is 0 Å². The first-order valence-electron chi connectivity index (χ1n) is 13.0. The molecule has 0 radical (unpaired) electrons. The zero-order valence-corrected chi connectivity index (χ0v) is 23.6. The van der Waals surface area contributed by atoms with Gasteiger partial charge in [-0.3, -0.25) is 4.68 Å². The van der Waals surface area contributed by atoms with E-state index in [1.54, 1.807) is 37.0 Å². The van der Waals surface area contributed by atoms with Crippen LogP contribution in [0.3, 0.4) is 0 Å². The highest BCUT2D eigenvalue weighted by Crippen LogP contribution is 2.42. The van der Waals surface area contributed by atoms with Crippen LogP contribution in [0.15, 0.2) is 61.1 Å². The van der Waals surface area contributed by atoms with Crippen molar-refractivity contribution in [3.05, 3.63) is 78.3 Å². The Morgan fingerprint density at radius 2 is 2.02 bits per heavy atom. The van der Waals surface area contributed by atoms with E-state index in [9.17, 15) is 13.6 Å². The van der Waals surface area contributed by atoms with Gasteiger partial charge in [0.1, 0.15) is 17.1 Å². The van der Waals surface area contributed by atoms with Crippen molar-refractivity contribution < 1.29 is 18.3 Å². The van der Waals surface area contributed by atoms with E-state index in [-0.39, 0.29) is 17.4 Å². The molecule has 3 N–H and O–H groups in total. The van der Waals surface area contributed by atoms with Gasteiger partial charge in [0.2, 0.25) is 5.95 Å². The number of carbonyl (C=O) groups excluding carboxylic acids is 1. The van der Waals surface area contributed by atoms with Crippen molar-refractivity contribution in [2.24, 2.45) is 5.73 Å². The van der Waals surface area contributed by atoms with Gasteiger partial charge in [0.15, 0.2) is 5.82 Å². The summed E-state index contributed by atoms with van der Waals surface area (Å²) >= 11 is 1.38. The van der Waals surface area contributed by atoms with Crippen molar-refractivity contribution in [3.63, 3.8) is 0 Å². The summed E-state index contributed by atoms with van der Waals surface area (Å²) in [6.45, 7) is 6.60. The number of amides is 1. The van der Waals surface area contributed by atoms with Gasteiger partial charge >= 0.3 is 6.09 Å². The quantitative estimate of drug-likeness (QED) is 0.198. The smallest absolute Gasteiger partial charge is 0.405 e. The molecule has 41 heavy (non-hydrogen) atoms. The summed E-state index contributed by atoms with van der Waals surface area (Å²) in [6.07, 6.45) is 4.11. The first-order valence-corrected chi connectivity index (χ1v) is 13.8. The number of aromatic nitrogens is 5. The Balaban J connectivity index is 1.48. The zero-order valence-electron chi connectivity index (χ0n) is 22.8. The monoisotopic (exact) mass is 577 g/mol. The molecule has 5 aromatic rings. The predicted molar refractivity (Wildman–Crippen MR) is 154 cm³/mol. The van der Waals surface area contributed by atoms with E-state index in [1.165, 1.54) is 23.5 Å². The molecule has 3 heterocycles. The van der Waals surface area contributed by atoms with E-state index in [0.717, 1.165) is 27.4 Å². The minimum atomic E-state index is -0.845. The average Bonchev–Trinajstić information content (AvgIpc) is 3.58. The van der Waals surface area contributed by atoms with Crippen LogP contribution in [-0.2, 0) is 11.3 Å². The van der Waals surface area contributed by atoms with Gasteiger partial charge in [-0.05, 0) is 66.5 Å². The van der Waals surface area contributed by atoms with Crippen molar-refractivity contribution in [2.45, 2.75) is 45.3 Å². The number of anilines is 1. The number of carbonyl (C=O) groups is 1. The number of rotatable bonds is 10. The molecule has 3 aromatic heterocycles. The lowest BCUT2D eigenvalue weighted by Crippen LogP contribution is -2.32. The van der Waals surface area contributed by atoms with Gasteiger partial charge in [0, 0.05) is 17.4 Å². The van der Waals surface area contributed by atoms with Gasteiger partial charge in [0.05, 0.1) is 23.8 Å². The Morgan fingerprint density at radius 3 is 2.78 bits per heavy atom. The van der Waals surface area contributed by atoms with Gasteiger partial charge in [-0.25, -0.2) is 23.5 Å². The molecule has 1 amide bonds. The van der Waals surface area contributed by atoms with Crippen LogP contribution in [-0.4, -0.2) is 43.2 Å². The second-order valence-electron chi connectivity index (χ2n) is 10.3. The van der Waals surface area contributed by atoms with Crippen LogP contribution in [0.25, 0.3) is 31.8 Å². The Hall–Kier alpha value is -4.45. The van der Waals surface area contributed by atoms with Gasteiger partial charge in [0.25, 0.3) is 0 Å². The van der Waals surface area contributed by atoms with Crippen molar-refractivity contribution in [1.29, 1.82) is 0 Å². The second kappa shape index (κ2) is 11.6. The standard InChI is InChI=1S/C29H29F2N7O2S/c1-17(15-29(2,3)40-27(32)39)20-8-7-19(30)14-22(20)21-6-4-5-18-13-24(41-26(18)21)25-23(31)16-34-28(36-25)33-9-11-38-12-10-35-37-38/h4-8,10,12-14,16-17H,9,11,15H2,1-3H3,(H2,32,39)(H,33,34,36). The first kappa shape index (κ1) is 28.1. The van der Waals surface area contributed by atoms with Gasteiger partial charge < -0.3 is 15.8 Å². The molecule has 9 nitrogen and oxygen atoms in total.